The average Bonchev–Trinajstić information content (AvgIpc) is 3.10. The van der Waals surface area contributed by atoms with E-state index in [0.717, 1.165) is 38.5 Å². The summed E-state index contributed by atoms with van der Waals surface area (Å²) in [6.45, 7) is 4.13. The first-order chi connectivity index (χ1) is 24.1. The molecule has 5 heteroatoms. The lowest BCUT2D eigenvalue weighted by atomic mass is 10.0. The predicted molar refractivity (Wildman–Crippen MR) is 210 cm³/mol. The van der Waals surface area contributed by atoms with Crippen LogP contribution in [0.1, 0.15) is 239 Å². The second-order valence-electron chi connectivity index (χ2n) is 14.8. The molecule has 0 aliphatic rings. The van der Waals surface area contributed by atoms with Crippen molar-refractivity contribution in [3.05, 3.63) is 12.2 Å². The SMILES string of the molecule is CCCCC/C=C/CCCCCCCC(=O)O[C@@H](CO)COC(=O)CCCCCCCCCCCCCCCCCCCCCCCCC. The Hall–Kier alpha value is -1.36. The normalized spacial score (nSPS) is 12.1. The molecule has 0 radical (unpaired) electrons. The van der Waals surface area contributed by atoms with Crippen LogP contribution in [-0.4, -0.2) is 36.4 Å². The van der Waals surface area contributed by atoms with E-state index >= 15 is 0 Å². The first-order valence-electron chi connectivity index (χ1n) is 21.7. The maximum Gasteiger partial charge on any atom is 0.306 e. The number of rotatable bonds is 40. The molecule has 0 aromatic rings. The number of esters is 2. The first-order valence-corrected chi connectivity index (χ1v) is 21.7. The molecular weight excluding hydrogens is 608 g/mol. The Balaban J connectivity index is 3.44. The van der Waals surface area contributed by atoms with Crippen LogP contribution in [0.25, 0.3) is 0 Å². The van der Waals surface area contributed by atoms with Gasteiger partial charge in [0.05, 0.1) is 6.61 Å². The Kier molecular flexibility index (Phi) is 39.9. The zero-order valence-electron chi connectivity index (χ0n) is 33.0. The number of aliphatic hydroxyl groups is 1. The molecule has 290 valence electrons. The van der Waals surface area contributed by atoms with Gasteiger partial charge in [0.2, 0.25) is 0 Å². The molecule has 0 unspecified atom stereocenters. The van der Waals surface area contributed by atoms with Gasteiger partial charge in [0.25, 0.3) is 0 Å². The van der Waals surface area contributed by atoms with Crippen molar-refractivity contribution in [2.24, 2.45) is 0 Å². The van der Waals surface area contributed by atoms with Crippen molar-refractivity contribution in [2.75, 3.05) is 13.2 Å². The second kappa shape index (κ2) is 41.1. The topological polar surface area (TPSA) is 72.8 Å². The van der Waals surface area contributed by atoms with Crippen molar-refractivity contribution in [1.82, 2.24) is 0 Å². The van der Waals surface area contributed by atoms with Gasteiger partial charge in [-0.2, -0.15) is 0 Å². The van der Waals surface area contributed by atoms with Crippen LogP contribution < -0.4 is 0 Å². The Morgan fingerprint density at radius 3 is 1.14 bits per heavy atom. The third-order valence-electron chi connectivity index (χ3n) is 9.81. The molecule has 0 aliphatic heterocycles. The summed E-state index contributed by atoms with van der Waals surface area (Å²) in [4.78, 5) is 24.3. The summed E-state index contributed by atoms with van der Waals surface area (Å²) in [6, 6.07) is 0. The molecule has 0 rings (SSSR count). The number of aliphatic hydroxyl groups excluding tert-OH is 1. The maximum atomic E-state index is 12.1. The molecule has 49 heavy (non-hydrogen) atoms. The largest absolute Gasteiger partial charge is 0.462 e. The smallest absolute Gasteiger partial charge is 0.306 e. The Morgan fingerprint density at radius 2 is 0.755 bits per heavy atom. The van der Waals surface area contributed by atoms with Crippen LogP contribution in [0.15, 0.2) is 12.2 Å². The maximum absolute atomic E-state index is 12.1. The van der Waals surface area contributed by atoms with Gasteiger partial charge < -0.3 is 14.6 Å². The average molecular weight is 693 g/mol. The number of unbranched alkanes of at least 4 members (excludes halogenated alkanes) is 30. The van der Waals surface area contributed by atoms with E-state index in [1.807, 2.05) is 0 Å². The fraction of sp³-hybridized carbons (Fsp3) is 0.909. The number of hydrogen-bond donors (Lipinski definition) is 1. The summed E-state index contributed by atoms with van der Waals surface area (Å²) in [5.74, 6) is -0.589. The highest BCUT2D eigenvalue weighted by Crippen LogP contribution is 2.16. The number of carbonyl (C=O) groups is 2. The molecule has 0 aliphatic carbocycles. The van der Waals surface area contributed by atoms with Gasteiger partial charge in [-0.05, 0) is 38.5 Å². The first kappa shape index (κ1) is 47.6. The zero-order valence-corrected chi connectivity index (χ0v) is 33.0. The monoisotopic (exact) mass is 693 g/mol. The minimum absolute atomic E-state index is 0.0631. The number of hydrogen-bond acceptors (Lipinski definition) is 5. The van der Waals surface area contributed by atoms with E-state index in [-0.39, 0.29) is 25.2 Å². The van der Waals surface area contributed by atoms with Crippen molar-refractivity contribution < 1.29 is 24.2 Å². The third kappa shape index (κ3) is 39.3. The van der Waals surface area contributed by atoms with Gasteiger partial charge in [-0.1, -0.05) is 199 Å². The Bertz CT molecular complexity index is 705. The highest BCUT2D eigenvalue weighted by Gasteiger charge is 2.16. The van der Waals surface area contributed by atoms with Crippen molar-refractivity contribution in [3.63, 3.8) is 0 Å². The van der Waals surface area contributed by atoms with E-state index in [1.54, 1.807) is 0 Å². The highest BCUT2D eigenvalue weighted by molar-refractivity contribution is 5.70. The predicted octanol–water partition coefficient (Wildman–Crippen LogP) is 13.7. The van der Waals surface area contributed by atoms with Crippen LogP contribution in [0.3, 0.4) is 0 Å². The quantitative estimate of drug-likeness (QED) is 0.0393. The molecule has 0 fully saturated rings. The lowest BCUT2D eigenvalue weighted by Gasteiger charge is -2.15. The van der Waals surface area contributed by atoms with Gasteiger partial charge in [0.15, 0.2) is 6.10 Å². The van der Waals surface area contributed by atoms with Crippen LogP contribution in [0.5, 0.6) is 0 Å². The summed E-state index contributed by atoms with van der Waals surface area (Å²) in [6.07, 6.45) is 47.2. The lowest BCUT2D eigenvalue weighted by Crippen LogP contribution is -2.28. The molecule has 0 heterocycles. The van der Waals surface area contributed by atoms with Gasteiger partial charge in [0, 0.05) is 12.8 Å². The third-order valence-corrected chi connectivity index (χ3v) is 9.81. The molecule has 5 nitrogen and oxygen atoms in total. The number of allylic oxidation sites excluding steroid dienone is 2. The Morgan fingerprint density at radius 1 is 0.449 bits per heavy atom. The van der Waals surface area contributed by atoms with Crippen molar-refractivity contribution in [3.8, 4) is 0 Å². The number of carbonyl (C=O) groups excluding carboxylic acids is 2. The van der Waals surface area contributed by atoms with Gasteiger partial charge in [-0.15, -0.1) is 0 Å². The molecule has 0 spiro atoms. The summed E-state index contributed by atoms with van der Waals surface area (Å²) < 4.78 is 10.6. The summed E-state index contributed by atoms with van der Waals surface area (Å²) in [5, 5.41) is 9.55. The summed E-state index contributed by atoms with van der Waals surface area (Å²) in [7, 11) is 0. The zero-order chi connectivity index (χ0) is 35.7. The Labute approximate surface area is 305 Å². The van der Waals surface area contributed by atoms with Crippen molar-refractivity contribution in [2.45, 2.75) is 245 Å². The second-order valence-corrected chi connectivity index (χ2v) is 14.8. The van der Waals surface area contributed by atoms with E-state index in [4.69, 9.17) is 9.47 Å². The van der Waals surface area contributed by atoms with E-state index in [1.165, 1.54) is 173 Å². The van der Waals surface area contributed by atoms with Gasteiger partial charge in [-0.3, -0.25) is 9.59 Å². The van der Waals surface area contributed by atoms with E-state index in [0.29, 0.717) is 12.8 Å². The molecule has 0 aromatic carbocycles. The van der Waals surface area contributed by atoms with Crippen molar-refractivity contribution >= 4 is 11.9 Å². The van der Waals surface area contributed by atoms with E-state index in [9.17, 15) is 14.7 Å². The summed E-state index contributed by atoms with van der Waals surface area (Å²) >= 11 is 0. The van der Waals surface area contributed by atoms with Crippen LogP contribution in [0, 0.1) is 0 Å². The number of ether oxygens (including phenoxy) is 2. The fourth-order valence-corrected chi connectivity index (χ4v) is 6.49. The van der Waals surface area contributed by atoms with Gasteiger partial charge >= 0.3 is 11.9 Å². The molecule has 0 amide bonds. The summed E-state index contributed by atoms with van der Waals surface area (Å²) in [5.41, 5.74) is 0. The van der Waals surface area contributed by atoms with Crippen molar-refractivity contribution in [1.29, 1.82) is 0 Å². The molecule has 1 atom stereocenters. The molecule has 0 aromatic heterocycles. The molecule has 0 saturated heterocycles. The van der Waals surface area contributed by atoms with Crippen LogP contribution in [-0.2, 0) is 19.1 Å². The molecule has 1 N–H and O–H groups in total. The van der Waals surface area contributed by atoms with E-state index < -0.39 is 6.10 Å². The van der Waals surface area contributed by atoms with Gasteiger partial charge in [-0.25, -0.2) is 0 Å². The minimum Gasteiger partial charge on any atom is -0.462 e. The molecule has 0 saturated carbocycles. The lowest BCUT2D eigenvalue weighted by molar-refractivity contribution is -0.161. The van der Waals surface area contributed by atoms with Crippen LogP contribution in [0.2, 0.25) is 0 Å². The van der Waals surface area contributed by atoms with Crippen LogP contribution in [0.4, 0.5) is 0 Å². The highest BCUT2D eigenvalue weighted by atomic mass is 16.6. The minimum atomic E-state index is -0.769. The van der Waals surface area contributed by atoms with Crippen LogP contribution >= 0.6 is 0 Å². The van der Waals surface area contributed by atoms with E-state index in [2.05, 4.69) is 26.0 Å². The molecular formula is C44H84O5. The standard InChI is InChI=1S/C44H84O5/c1-3-5-7-9-11-13-15-17-18-19-20-21-22-23-24-25-26-27-29-30-32-34-36-38-43(46)48-41-42(40-45)49-44(47)39-37-35-33-31-28-16-14-12-10-8-6-4-2/h12,14,42,45H,3-11,13,15-41H2,1-2H3/b14-12+/t42-/m0/s1. The van der Waals surface area contributed by atoms with Gasteiger partial charge in [0.1, 0.15) is 6.61 Å². The molecule has 0 bridgehead atoms. The fourth-order valence-electron chi connectivity index (χ4n) is 6.49.